The molecule has 1 atom stereocenters. The molecule has 0 spiro atoms. The molecule has 0 saturated carbocycles. The van der Waals surface area contributed by atoms with E-state index in [4.69, 9.17) is 16.3 Å². The van der Waals surface area contributed by atoms with E-state index in [-0.39, 0.29) is 30.0 Å². The van der Waals surface area contributed by atoms with Crippen molar-refractivity contribution in [2.75, 3.05) is 19.7 Å². The Bertz CT molecular complexity index is 882. The average molecular weight is 423 g/mol. The number of halogens is 1. The second-order valence-corrected chi connectivity index (χ2v) is 9.03. The van der Waals surface area contributed by atoms with Gasteiger partial charge >= 0.3 is 0 Å². The summed E-state index contributed by atoms with van der Waals surface area (Å²) in [5, 5.41) is 3.35. The van der Waals surface area contributed by atoms with Crippen molar-refractivity contribution in [2.24, 2.45) is 0 Å². The fourth-order valence-electron chi connectivity index (χ4n) is 3.01. The Hall–Kier alpha value is -1.93. The van der Waals surface area contributed by atoms with Crippen molar-refractivity contribution in [3.05, 3.63) is 65.2 Å². The number of benzene rings is 2. The van der Waals surface area contributed by atoms with Gasteiger partial charge in [-0.25, -0.2) is 8.42 Å². The van der Waals surface area contributed by atoms with Gasteiger partial charge in [0.2, 0.25) is 15.9 Å². The number of carbonyl (C=O) groups excluding carboxylic acids is 1. The number of ether oxygens (including phenoxy) is 1. The molecule has 1 heterocycles. The SMILES string of the molecule is O=C(CN(Cc1ccc(Cl)cc1)S(=O)(=O)c1ccccc1)NC[C@H]1CCCO1. The van der Waals surface area contributed by atoms with Gasteiger partial charge in [-0.1, -0.05) is 41.9 Å². The number of carbonyl (C=O) groups is 1. The molecular formula is C20H23ClN2O4S. The Morgan fingerprint density at radius 1 is 1.14 bits per heavy atom. The molecule has 0 unspecified atom stereocenters. The minimum absolute atomic E-state index is 0.000560. The van der Waals surface area contributed by atoms with E-state index in [2.05, 4.69) is 5.32 Å². The zero-order valence-corrected chi connectivity index (χ0v) is 17.0. The third kappa shape index (κ3) is 5.54. The highest BCUT2D eigenvalue weighted by atomic mass is 35.5. The van der Waals surface area contributed by atoms with Crippen LogP contribution in [0, 0.1) is 0 Å². The van der Waals surface area contributed by atoms with E-state index < -0.39 is 10.0 Å². The molecule has 0 bridgehead atoms. The highest BCUT2D eigenvalue weighted by Crippen LogP contribution is 2.19. The van der Waals surface area contributed by atoms with Gasteiger partial charge in [-0.05, 0) is 42.7 Å². The quantitative estimate of drug-likeness (QED) is 0.709. The van der Waals surface area contributed by atoms with Gasteiger partial charge in [0.1, 0.15) is 0 Å². The molecule has 2 aromatic rings. The first kappa shape index (κ1) is 20.8. The monoisotopic (exact) mass is 422 g/mol. The van der Waals surface area contributed by atoms with Gasteiger partial charge in [0.25, 0.3) is 0 Å². The molecule has 1 saturated heterocycles. The van der Waals surface area contributed by atoms with Gasteiger partial charge < -0.3 is 10.1 Å². The van der Waals surface area contributed by atoms with Crippen LogP contribution in [0.5, 0.6) is 0 Å². The zero-order chi connectivity index (χ0) is 20.0. The smallest absolute Gasteiger partial charge is 0.243 e. The highest BCUT2D eigenvalue weighted by molar-refractivity contribution is 7.89. The van der Waals surface area contributed by atoms with E-state index in [1.165, 1.54) is 16.4 Å². The van der Waals surface area contributed by atoms with Crippen LogP contribution >= 0.6 is 11.6 Å². The van der Waals surface area contributed by atoms with Crippen LogP contribution in [0.4, 0.5) is 0 Å². The standard InChI is InChI=1S/C20H23ClN2O4S/c21-17-10-8-16(9-11-17)14-23(28(25,26)19-6-2-1-3-7-19)15-20(24)22-13-18-5-4-12-27-18/h1-3,6-11,18H,4-5,12-15H2,(H,22,24)/t18-/m1/s1. The molecule has 2 aromatic carbocycles. The van der Waals surface area contributed by atoms with E-state index in [0.717, 1.165) is 18.4 Å². The van der Waals surface area contributed by atoms with Crippen molar-refractivity contribution in [2.45, 2.75) is 30.4 Å². The maximum atomic E-state index is 13.1. The van der Waals surface area contributed by atoms with E-state index in [9.17, 15) is 13.2 Å². The number of nitrogens with zero attached hydrogens (tertiary/aromatic N) is 1. The lowest BCUT2D eigenvalue weighted by atomic mass is 10.2. The topological polar surface area (TPSA) is 75.7 Å². The molecule has 8 heteroatoms. The van der Waals surface area contributed by atoms with Crippen LogP contribution < -0.4 is 5.32 Å². The zero-order valence-electron chi connectivity index (χ0n) is 15.4. The number of rotatable bonds is 8. The summed E-state index contributed by atoms with van der Waals surface area (Å²) in [7, 11) is -3.83. The lowest BCUT2D eigenvalue weighted by Crippen LogP contribution is -2.42. The van der Waals surface area contributed by atoms with Gasteiger partial charge in [0, 0.05) is 24.7 Å². The van der Waals surface area contributed by atoms with Crippen LogP contribution in [0.15, 0.2) is 59.5 Å². The Balaban J connectivity index is 1.75. The van der Waals surface area contributed by atoms with E-state index >= 15 is 0 Å². The number of amides is 1. The third-order valence-corrected chi connectivity index (χ3v) is 6.58. The maximum absolute atomic E-state index is 13.1. The lowest BCUT2D eigenvalue weighted by molar-refractivity contribution is -0.121. The fraction of sp³-hybridized carbons (Fsp3) is 0.350. The highest BCUT2D eigenvalue weighted by Gasteiger charge is 2.27. The molecule has 3 rings (SSSR count). The van der Waals surface area contributed by atoms with Gasteiger partial charge in [-0.2, -0.15) is 4.31 Å². The molecule has 6 nitrogen and oxygen atoms in total. The predicted molar refractivity (Wildman–Crippen MR) is 107 cm³/mol. The predicted octanol–water partition coefficient (Wildman–Crippen LogP) is 2.83. The summed E-state index contributed by atoms with van der Waals surface area (Å²) < 4.78 is 32.9. The first-order chi connectivity index (χ1) is 13.4. The second kappa shape index (κ2) is 9.52. The van der Waals surface area contributed by atoms with E-state index in [0.29, 0.717) is 18.2 Å². The van der Waals surface area contributed by atoms with E-state index in [1.54, 1.807) is 42.5 Å². The van der Waals surface area contributed by atoms with Crippen LogP contribution in [-0.4, -0.2) is 44.4 Å². The van der Waals surface area contributed by atoms with Gasteiger partial charge in [0.05, 0.1) is 17.5 Å². The van der Waals surface area contributed by atoms with Crippen molar-refractivity contribution in [1.82, 2.24) is 9.62 Å². The van der Waals surface area contributed by atoms with Crippen molar-refractivity contribution in [1.29, 1.82) is 0 Å². The number of hydrogen-bond acceptors (Lipinski definition) is 4. The van der Waals surface area contributed by atoms with Crippen molar-refractivity contribution >= 4 is 27.5 Å². The maximum Gasteiger partial charge on any atom is 0.243 e. The Morgan fingerprint density at radius 3 is 2.50 bits per heavy atom. The summed E-state index contributed by atoms with van der Waals surface area (Å²) in [6.45, 7) is 0.888. The second-order valence-electron chi connectivity index (χ2n) is 6.65. The lowest BCUT2D eigenvalue weighted by Gasteiger charge is -2.22. The van der Waals surface area contributed by atoms with Crippen LogP contribution in [-0.2, 0) is 26.1 Å². The molecule has 1 N–H and O–H groups in total. The molecule has 28 heavy (non-hydrogen) atoms. The number of hydrogen-bond donors (Lipinski definition) is 1. The summed E-state index contributed by atoms with van der Waals surface area (Å²) in [6.07, 6.45) is 1.88. The van der Waals surface area contributed by atoms with Crippen molar-refractivity contribution < 1.29 is 17.9 Å². The molecular weight excluding hydrogens is 400 g/mol. The molecule has 0 radical (unpaired) electrons. The van der Waals surface area contributed by atoms with Crippen molar-refractivity contribution in [3.63, 3.8) is 0 Å². The van der Waals surface area contributed by atoms with Crippen LogP contribution in [0.25, 0.3) is 0 Å². The summed E-state index contributed by atoms with van der Waals surface area (Å²) in [5.74, 6) is -0.357. The summed E-state index contributed by atoms with van der Waals surface area (Å²) >= 11 is 5.91. The summed E-state index contributed by atoms with van der Waals surface area (Å²) in [4.78, 5) is 12.6. The minimum Gasteiger partial charge on any atom is -0.376 e. The minimum atomic E-state index is -3.83. The van der Waals surface area contributed by atoms with Gasteiger partial charge in [-0.3, -0.25) is 4.79 Å². The third-order valence-electron chi connectivity index (χ3n) is 4.52. The first-order valence-electron chi connectivity index (χ1n) is 9.13. The molecule has 1 aliphatic heterocycles. The molecule has 150 valence electrons. The fourth-order valence-corrected chi connectivity index (χ4v) is 4.54. The largest absolute Gasteiger partial charge is 0.376 e. The Morgan fingerprint density at radius 2 is 1.86 bits per heavy atom. The Kier molecular flexibility index (Phi) is 7.07. The van der Waals surface area contributed by atoms with Crippen LogP contribution in [0.1, 0.15) is 18.4 Å². The van der Waals surface area contributed by atoms with E-state index in [1.807, 2.05) is 0 Å². The van der Waals surface area contributed by atoms with Gasteiger partial charge in [0.15, 0.2) is 0 Å². The molecule has 1 fully saturated rings. The van der Waals surface area contributed by atoms with Crippen LogP contribution in [0.2, 0.25) is 5.02 Å². The van der Waals surface area contributed by atoms with Crippen LogP contribution in [0.3, 0.4) is 0 Å². The summed E-state index contributed by atoms with van der Waals surface area (Å²) in [6, 6.07) is 15.0. The summed E-state index contributed by atoms with van der Waals surface area (Å²) in [5.41, 5.74) is 0.746. The molecule has 1 aliphatic rings. The molecule has 1 amide bonds. The normalized spacial score (nSPS) is 17.0. The molecule has 0 aliphatic carbocycles. The molecule has 0 aromatic heterocycles. The van der Waals surface area contributed by atoms with Crippen molar-refractivity contribution in [3.8, 4) is 0 Å². The number of sulfonamides is 1. The Labute approximate surface area is 170 Å². The number of nitrogens with one attached hydrogen (secondary N) is 1. The average Bonchev–Trinajstić information content (AvgIpc) is 3.22. The van der Waals surface area contributed by atoms with Gasteiger partial charge in [-0.15, -0.1) is 0 Å². The first-order valence-corrected chi connectivity index (χ1v) is 10.9.